The molecule has 0 aliphatic carbocycles. The number of nitrogens with zero attached hydrogens (tertiary/aromatic N) is 1. The Hall–Kier alpha value is -1.02. The predicted molar refractivity (Wildman–Crippen MR) is 53.0 cm³/mol. The molecule has 2 nitrogen and oxygen atoms in total. The Morgan fingerprint density at radius 1 is 1.25 bits per heavy atom. The molecule has 0 bridgehead atoms. The van der Waals surface area contributed by atoms with Crippen LogP contribution in [-0.4, -0.2) is 12.4 Å². The third-order valence-corrected chi connectivity index (χ3v) is 1.96. The molecule has 0 fully saturated rings. The Bertz CT molecular complexity index is 307. The van der Waals surface area contributed by atoms with Gasteiger partial charge in [-0.05, 0) is 12.0 Å². The first-order valence-corrected chi connectivity index (χ1v) is 3.76. The van der Waals surface area contributed by atoms with Crippen molar-refractivity contribution >= 4 is 18.2 Å². The number of aliphatic imine (C=N–C) groups is 1. The number of fused-ring (bicyclic) bond motifs is 1. The average Bonchev–Trinajstić information content (AvgIpc) is 2.06. The highest BCUT2D eigenvalue weighted by molar-refractivity contribution is 5.99. The number of nitrogens with two attached hydrogens (primary N) is 1. The van der Waals surface area contributed by atoms with Gasteiger partial charge in [-0.15, -0.1) is 12.4 Å². The van der Waals surface area contributed by atoms with Gasteiger partial charge in [0.2, 0.25) is 0 Å². The van der Waals surface area contributed by atoms with Crippen molar-refractivity contribution < 1.29 is 0 Å². The molecule has 0 unspecified atom stereocenters. The fraction of sp³-hybridized carbons (Fsp3) is 0.222. The largest absolute Gasteiger partial charge is 0.383 e. The van der Waals surface area contributed by atoms with Crippen molar-refractivity contribution in [2.75, 3.05) is 6.54 Å². The fourth-order valence-electron chi connectivity index (χ4n) is 1.37. The Morgan fingerprint density at radius 3 is 2.75 bits per heavy atom. The van der Waals surface area contributed by atoms with Crippen LogP contribution in [0, 0.1) is 0 Å². The van der Waals surface area contributed by atoms with E-state index in [-0.39, 0.29) is 12.4 Å². The fourth-order valence-corrected chi connectivity index (χ4v) is 1.37. The summed E-state index contributed by atoms with van der Waals surface area (Å²) in [4.78, 5) is 4.17. The third kappa shape index (κ3) is 1.43. The molecule has 0 radical (unpaired) electrons. The smallest absolute Gasteiger partial charge is 0.125 e. The van der Waals surface area contributed by atoms with Crippen molar-refractivity contribution in [2.24, 2.45) is 10.7 Å². The van der Waals surface area contributed by atoms with Crippen molar-refractivity contribution in [3.8, 4) is 0 Å². The van der Waals surface area contributed by atoms with E-state index in [0.29, 0.717) is 5.84 Å². The maximum absolute atomic E-state index is 5.70. The standard InChI is InChI=1S/C9H10N2.ClH/c10-9-8-4-2-1-3-7(8)5-6-11-9;/h1-4H,5-6H2,(H2,10,11);1H. The zero-order valence-corrected chi connectivity index (χ0v) is 7.47. The molecular formula is C9H11ClN2. The Balaban J connectivity index is 0.000000720. The lowest BCUT2D eigenvalue weighted by atomic mass is 10.0. The van der Waals surface area contributed by atoms with Crippen LogP contribution in [0.1, 0.15) is 11.1 Å². The molecule has 1 aromatic rings. The molecule has 3 heteroatoms. The first kappa shape index (κ1) is 9.07. The van der Waals surface area contributed by atoms with Crippen LogP contribution in [0.3, 0.4) is 0 Å². The second-order valence-corrected chi connectivity index (χ2v) is 2.67. The summed E-state index contributed by atoms with van der Waals surface area (Å²) in [5.74, 6) is 0.687. The highest BCUT2D eigenvalue weighted by Gasteiger charge is 2.08. The van der Waals surface area contributed by atoms with Crippen molar-refractivity contribution in [1.82, 2.24) is 0 Å². The SMILES string of the molecule is Cl.NC1=NCCc2ccccc21. The molecular weight excluding hydrogens is 172 g/mol. The van der Waals surface area contributed by atoms with Crippen molar-refractivity contribution in [1.29, 1.82) is 0 Å². The van der Waals surface area contributed by atoms with Gasteiger partial charge in [0.05, 0.1) is 0 Å². The minimum absolute atomic E-state index is 0. The Kier molecular flexibility index (Phi) is 2.71. The minimum Gasteiger partial charge on any atom is -0.383 e. The lowest BCUT2D eigenvalue weighted by Gasteiger charge is -2.12. The minimum atomic E-state index is 0. The summed E-state index contributed by atoms with van der Waals surface area (Å²) in [7, 11) is 0. The number of rotatable bonds is 0. The van der Waals surface area contributed by atoms with Gasteiger partial charge < -0.3 is 5.73 Å². The van der Waals surface area contributed by atoms with E-state index in [2.05, 4.69) is 11.1 Å². The van der Waals surface area contributed by atoms with Crippen LogP contribution in [0.5, 0.6) is 0 Å². The topological polar surface area (TPSA) is 38.4 Å². The van der Waals surface area contributed by atoms with Crippen LogP contribution >= 0.6 is 12.4 Å². The normalized spacial score (nSPS) is 14.2. The molecule has 1 heterocycles. The maximum Gasteiger partial charge on any atom is 0.125 e. The van der Waals surface area contributed by atoms with E-state index in [1.165, 1.54) is 5.56 Å². The second kappa shape index (κ2) is 3.59. The number of halogens is 1. The van der Waals surface area contributed by atoms with Gasteiger partial charge in [-0.25, -0.2) is 0 Å². The molecule has 2 N–H and O–H groups in total. The van der Waals surface area contributed by atoms with Crippen molar-refractivity contribution in [3.63, 3.8) is 0 Å². The van der Waals surface area contributed by atoms with E-state index in [9.17, 15) is 0 Å². The van der Waals surface area contributed by atoms with Crippen molar-refractivity contribution in [2.45, 2.75) is 6.42 Å². The zero-order chi connectivity index (χ0) is 7.68. The first-order valence-electron chi connectivity index (χ1n) is 3.76. The molecule has 2 rings (SSSR count). The number of amidine groups is 1. The first-order chi connectivity index (χ1) is 5.38. The van der Waals surface area contributed by atoms with Crippen LogP contribution in [0.4, 0.5) is 0 Å². The van der Waals surface area contributed by atoms with Crippen LogP contribution in [-0.2, 0) is 6.42 Å². The summed E-state index contributed by atoms with van der Waals surface area (Å²) in [5, 5.41) is 0. The van der Waals surface area contributed by atoms with E-state index in [1.807, 2.05) is 18.2 Å². The summed E-state index contributed by atoms with van der Waals surface area (Å²) in [6.45, 7) is 0.836. The Labute approximate surface area is 77.9 Å². The van der Waals surface area contributed by atoms with E-state index in [0.717, 1.165) is 18.5 Å². The van der Waals surface area contributed by atoms with E-state index in [4.69, 9.17) is 5.73 Å². The molecule has 0 spiro atoms. The van der Waals surface area contributed by atoms with Gasteiger partial charge in [-0.2, -0.15) is 0 Å². The number of hydrogen-bond donors (Lipinski definition) is 1. The molecule has 0 aromatic heterocycles. The lowest BCUT2D eigenvalue weighted by Crippen LogP contribution is -2.20. The zero-order valence-electron chi connectivity index (χ0n) is 6.66. The van der Waals surface area contributed by atoms with Gasteiger partial charge in [0, 0.05) is 12.1 Å². The maximum atomic E-state index is 5.70. The molecule has 64 valence electrons. The Morgan fingerprint density at radius 2 is 2.00 bits per heavy atom. The van der Waals surface area contributed by atoms with E-state index >= 15 is 0 Å². The van der Waals surface area contributed by atoms with Gasteiger partial charge in [-0.3, -0.25) is 4.99 Å². The summed E-state index contributed by atoms with van der Waals surface area (Å²) in [5.41, 5.74) is 8.13. The number of hydrogen-bond acceptors (Lipinski definition) is 2. The van der Waals surface area contributed by atoms with E-state index < -0.39 is 0 Å². The molecule has 0 amide bonds. The molecule has 1 aliphatic rings. The van der Waals surface area contributed by atoms with Crippen LogP contribution < -0.4 is 5.73 Å². The molecule has 0 atom stereocenters. The third-order valence-electron chi connectivity index (χ3n) is 1.96. The van der Waals surface area contributed by atoms with Crippen LogP contribution in [0.2, 0.25) is 0 Å². The van der Waals surface area contributed by atoms with Gasteiger partial charge in [0.1, 0.15) is 5.84 Å². The lowest BCUT2D eigenvalue weighted by molar-refractivity contribution is 0.939. The van der Waals surface area contributed by atoms with Gasteiger partial charge in [-0.1, -0.05) is 24.3 Å². The highest BCUT2D eigenvalue weighted by Crippen LogP contribution is 2.12. The van der Waals surface area contributed by atoms with Crippen LogP contribution in [0.15, 0.2) is 29.3 Å². The quantitative estimate of drug-likeness (QED) is 0.647. The monoisotopic (exact) mass is 182 g/mol. The summed E-state index contributed by atoms with van der Waals surface area (Å²) < 4.78 is 0. The molecule has 12 heavy (non-hydrogen) atoms. The summed E-state index contributed by atoms with van der Waals surface area (Å²) >= 11 is 0. The van der Waals surface area contributed by atoms with Gasteiger partial charge >= 0.3 is 0 Å². The molecule has 1 aliphatic heterocycles. The van der Waals surface area contributed by atoms with Gasteiger partial charge in [0.15, 0.2) is 0 Å². The predicted octanol–water partition coefficient (Wildman–Crippen LogP) is 1.37. The highest BCUT2D eigenvalue weighted by atomic mass is 35.5. The van der Waals surface area contributed by atoms with E-state index in [1.54, 1.807) is 0 Å². The number of benzene rings is 1. The second-order valence-electron chi connectivity index (χ2n) is 2.67. The van der Waals surface area contributed by atoms with Gasteiger partial charge in [0.25, 0.3) is 0 Å². The van der Waals surface area contributed by atoms with Crippen LogP contribution in [0.25, 0.3) is 0 Å². The molecule has 0 saturated heterocycles. The van der Waals surface area contributed by atoms with Crippen molar-refractivity contribution in [3.05, 3.63) is 35.4 Å². The summed E-state index contributed by atoms with van der Waals surface area (Å²) in [6.07, 6.45) is 1.02. The summed E-state index contributed by atoms with van der Waals surface area (Å²) in [6, 6.07) is 8.16. The average molecular weight is 183 g/mol. The molecule has 0 saturated carbocycles. The molecule has 1 aromatic carbocycles.